The first-order valence-electron chi connectivity index (χ1n) is 6.77. The monoisotopic (exact) mass is 243 g/mol. The summed E-state index contributed by atoms with van der Waals surface area (Å²) in [5.74, 6) is 0.116. The summed E-state index contributed by atoms with van der Waals surface area (Å²) in [5.41, 5.74) is 1.07. The van der Waals surface area contributed by atoms with Gasteiger partial charge >= 0.3 is 0 Å². The molecular weight excluding hydrogens is 222 g/mol. The fraction of sp³-hybridized carbons (Fsp3) is 0.438. The minimum Gasteiger partial charge on any atom is -0.339 e. The number of carbonyl (C=O) groups is 1. The molecule has 0 heterocycles. The van der Waals surface area contributed by atoms with Crippen LogP contribution in [0.2, 0.25) is 0 Å². The summed E-state index contributed by atoms with van der Waals surface area (Å²) in [6, 6.07) is 10.4. The van der Waals surface area contributed by atoms with Crippen LogP contribution in [0.15, 0.2) is 36.4 Å². The van der Waals surface area contributed by atoms with Gasteiger partial charge in [-0.15, -0.1) is 0 Å². The quantitative estimate of drug-likeness (QED) is 0.744. The van der Waals surface area contributed by atoms with Gasteiger partial charge in [0, 0.05) is 19.2 Å². The van der Waals surface area contributed by atoms with Crippen LogP contribution in [0.1, 0.15) is 37.7 Å². The molecule has 0 unspecified atom stereocenters. The Morgan fingerprint density at radius 1 is 1.17 bits per heavy atom. The number of rotatable bonds is 3. The van der Waals surface area contributed by atoms with Crippen molar-refractivity contribution in [3.63, 3.8) is 0 Å². The summed E-state index contributed by atoms with van der Waals surface area (Å²) in [6.45, 7) is 0. The number of likely N-dealkylation sites (N-methyl/N-ethyl adjacent to an activating group) is 1. The van der Waals surface area contributed by atoms with E-state index >= 15 is 0 Å². The highest BCUT2D eigenvalue weighted by molar-refractivity contribution is 5.91. The Hall–Kier alpha value is -1.57. The van der Waals surface area contributed by atoms with Gasteiger partial charge in [-0.1, -0.05) is 49.6 Å². The maximum atomic E-state index is 12.1. The molecule has 0 aliphatic heterocycles. The van der Waals surface area contributed by atoms with E-state index in [0.717, 1.165) is 18.4 Å². The molecule has 18 heavy (non-hydrogen) atoms. The largest absolute Gasteiger partial charge is 0.339 e. The average molecular weight is 243 g/mol. The Morgan fingerprint density at radius 3 is 2.50 bits per heavy atom. The third-order valence-corrected chi connectivity index (χ3v) is 3.69. The summed E-state index contributed by atoms with van der Waals surface area (Å²) in [4.78, 5) is 14.0. The predicted molar refractivity (Wildman–Crippen MR) is 75.1 cm³/mol. The molecule has 2 rings (SSSR count). The van der Waals surface area contributed by atoms with E-state index in [4.69, 9.17) is 0 Å². The maximum absolute atomic E-state index is 12.1. The standard InChI is InChI=1S/C16H21NO/c1-17(15-10-6-3-7-11-15)16(18)13-12-14-8-4-2-5-9-14/h2,4-5,8-9,12-13,15H,3,6-7,10-11H2,1H3/b13-12+. The van der Waals surface area contributed by atoms with Crippen LogP contribution < -0.4 is 0 Å². The average Bonchev–Trinajstić information content (AvgIpc) is 2.46. The highest BCUT2D eigenvalue weighted by Gasteiger charge is 2.20. The summed E-state index contributed by atoms with van der Waals surface area (Å²) in [5, 5.41) is 0. The lowest BCUT2D eigenvalue weighted by molar-refractivity contribution is -0.127. The van der Waals surface area contributed by atoms with Gasteiger partial charge in [-0.05, 0) is 24.5 Å². The molecule has 0 N–H and O–H groups in total. The van der Waals surface area contributed by atoms with Gasteiger partial charge in [-0.2, -0.15) is 0 Å². The molecule has 1 fully saturated rings. The van der Waals surface area contributed by atoms with Crippen LogP contribution in [0.25, 0.3) is 6.08 Å². The van der Waals surface area contributed by atoms with Gasteiger partial charge < -0.3 is 4.90 Å². The highest BCUT2D eigenvalue weighted by Crippen LogP contribution is 2.21. The third-order valence-electron chi connectivity index (χ3n) is 3.69. The zero-order chi connectivity index (χ0) is 12.8. The first kappa shape index (κ1) is 12.9. The van der Waals surface area contributed by atoms with Crippen LogP contribution in [0.3, 0.4) is 0 Å². The first-order chi connectivity index (χ1) is 8.77. The van der Waals surface area contributed by atoms with Gasteiger partial charge in [0.1, 0.15) is 0 Å². The van der Waals surface area contributed by atoms with E-state index in [0.29, 0.717) is 6.04 Å². The lowest BCUT2D eigenvalue weighted by Gasteiger charge is -2.30. The second-order valence-electron chi connectivity index (χ2n) is 4.98. The topological polar surface area (TPSA) is 20.3 Å². The summed E-state index contributed by atoms with van der Waals surface area (Å²) >= 11 is 0. The summed E-state index contributed by atoms with van der Waals surface area (Å²) in [7, 11) is 1.92. The molecule has 1 aromatic rings. The van der Waals surface area contributed by atoms with Gasteiger partial charge in [-0.25, -0.2) is 0 Å². The lowest BCUT2D eigenvalue weighted by Crippen LogP contribution is -2.37. The number of hydrogen-bond acceptors (Lipinski definition) is 1. The molecule has 96 valence electrons. The normalized spacial score (nSPS) is 16.9. The van der Waals surface area contributed by atoms with E-state index in [1.165, 1.54) is 19.3 Å². The van der Waals surface area contributed by atoms with Crippen LogP contribution >= 0.6 is 0 Å². The second kappa shape index (κ2) is 6.39. The van der Waals surface area contributed by atoms with E-state index in [1.807, 2.05) is 48.4 Å². The van der Waals surface area contributed by atoms with Crippen LogP contribution in [0.4, 0.5) is 0 Å². The van der Waals surface area contributed by atoms with Crippen LogP contribution in [-0.4, -0.2) is 23.9 Å². The first-order valence-corrected chi connectivity index (χ1v) is 6.77. The predicted octanol–water partition coefficient (Wildman–Crippen LogP) is 3.49. The maximum Gasteiger partial charge on any atom is 0.246 e. The minimum absolute atomic E-state index is 0.116. The molecule has 2 heteroatoms. The number of nitrogens with zero attached hydrogens (tertiary/aromatic N) is 1. The molecule has 2 nitrogen and oxygen atoms in total. The van der Waals surface area contributed by atoms with Gasteiger partial charge in [0.25, 0.3) is 0 Å². The number of amides is 1. The fourth-order valence-corrected chi connectivity index (χ4v) is 2.50. The summed E-state index contributed by atoms with van der Waals surface area (Å²) in [6.07, 6.45) is 9.71. The third kappa shape index (κ3) is 3.46. The molecule has 0 atom stereocenters. The lowest BCUT2D eigenvalue weighted by atomic mass is 9.94. The Balaban J connectivity index is 1.92. The van der Waals surface area contributed by atoms with Crippen molar-refractivity contribution in [2.45, 2.75) is 38.1 Å². The van der Waals surface area contributed by atoms with Crippen molar-refractivity contribution in [3.8, 4) is 0 Å². The molecule has 0 aromatic heterocycles. The molecule has 0 spiro atoms. The van der Waals surface area contributed by atoms with Gasteiger partial charge in [0.15, 0.2) is 0 Å². The van der Waals surface area contributed by atoms with Crippen molar-refractivity contribution in [1.29, 1.82) is 0 Å². The molecule has 1 amide bonds. The van der Waals surface area contributed by atoms with E-state index < -0.39 is 0 Å². The highest BCUT2D eigenvalue weighted by atomic mass is 16.2. The molecule has 1 aliphatic carbocycles. The molecule has 1 aliphatic rings. The van der Waals surface area contributed by atoms with Gasteiger partial charge in [0.2, 0.25) is 5.91 Å². The van der Waals surface area contributed by atoms with Gasteiger partial charge in [-0.3, -0.25) is 4.79 Å². The van der Waals surface area contributed by atoms with Crippen molar-refractivity contribution < 1.29 is 4.79 Å². The SMILES string of the molecule is CN(C(=O)/C=C/c1ccccc1)C1CCCCC1. The zero-order valence-electron chi connectivity index (χ0n) is 11.0. The van der Waals surface area contributed by atoms with Crippen LogP contribution in [0, 0.1) is 0 Å². The Kier molecular flexibility index (Phi) is 4.57. The molecule has 0 bridgehead atoms. The number of carbonyl (C=O) groups excluding carboxylic acids is 1. The minimum atomic E-state index is 0.116. The molecular formula is C16H21NO. The Labute approximate surface area is 109 Å². The van der Waals surface area contributed by atoms with Crippen molar-refractivity contribution >= 4 is 12.0 Å². The van der Waals surface area contributed by atoms with Gasteiger partial charge in [0.05, 0.1) is 0 Å². The second-order valence-corrected chi connectivity index (χ2v) is 4.98. The van der Waals surface area contributed by atoms with Crippen molar-refractivity contribution in [3.05, 3.63) is 42.0 Å². The smallest absolute Gasteiger partial charge is 0.246 e. The summed E-state index contributed by atoms with van der Waals surface area (Å²) < 4.78 is 0. The molecule has 1 saturated carbocycles. The Morgan fingerprint density at radius 2 is 1.83 bits per heavy atom. The zero-order valence-corrected chi connectivity index (χ0v) is 11.0. The molecule has 0 saturated heterocycles. The van der Waals surface area contributed by atoms with Crippen molar-refractivity contribution in [2.75, 3.05) is 7.05 Å². The Bertz CT molecular complexity index is 404. The van der Waals surface area contributed by atoms with Crippen molar-refractivity contribution in [2.24, 2.45) is 0 Å². The van der Waals surface area contributed by atoms with Crippen molar-refractivity contribution in [1.82, 2.24) is 4.90 Å². The van der Waals surface area contributed by atoms with Crippen LogP contribution in [-0.2, 0) is 4.79 Å². The fourth-order valence-electron chi connectivity index (χ4n) is 2.50. The molecule has 1 aromatic carbocycles. The van der Waals surface area contributed by atoms with E-state index in [-0.39, 0.29) is 5.91 Å². The number of benzene rings is 1. The number of hydrogen-bond donors (Lipinski definition) is 0. The van der Waals surface area contributed by atoms with E-state index in [9.17, 15) is 4.79 Å². The van der Waals surface area contributed by atoms with E-state index in [1.54, 1.807) is 6.08 Å². The van der Waals surface area contributed by atoms with Crippen LogP contribution in [0.5, 0.6) is 0 Å². The van der Waals surface area contributed by atoms with E-state index in [2.05, 4.69) is 0 Å². The molecule has 0 radical (unpaired) electrons.